The van der Waals surface area contributed by atoms with Crippen LogP contribution in [0.5, 0.6) is 0 Å². The molecule has 0 unspecified atom stereocenters. The molecule has 0 aliphatic rings. The molecule has 3 nitrogen and oxygen atoms in total. The van der Waals surface area contributed by atoms with Crippen molar-refractivity contribution in [3.8, 4) is 0 Å². The van der Waals surface area contributed by atoms with Crippen LogP contribution in [0.1, 0.15) is 36.9 Å². The Kier molecular flexibility index (Phi) is 4.53. The van der Waals surface area contributed by atoms with E-state index >= 15 is 0 Å². The lowest BCUT2D eigenvalue weighted by Gasteiger charge is -2.16. The first-order valence-electron chi connectivity index (χ1n) is 6.80. The van der Waals surface area contributed by atoms with Crippen LogP contribution in [-0.4, -0.2) is 5.91 Å². The SMILES string of the molecule is CC(C)c1ccccc1NC(=O)[C@H](N)c1ccccc1. The predicted molar refractivity (Wildman–Crippen MR) is 82.5 cm³/mol. The second kappa shape index (κ2) is 6.35. The van der Waals surface area contributed by atoms with Crippen molar-refractivity contribution >= 4 is 11.6 Å². The van der Waals surface area contributed by atoms with Gasteiger partial charge in [0.1, 0.15) is 6.04 Å². The van der Waals surface area contributed by atoms with Crippen LogP contribution in [0.4, 0.5) is 5.69 Å². The first-order chi connectivity index (χ1) is 9.59. The van der Waals surface area contributed by atoms with Gasteiger partial charge in [-0.05, 0) is 23.1 Å². The highest BCUT2D eigenvalue weighted by atomic mass is 16.2. The van der Waals surface area contributed by atoms with Gasteiger partial charge in [-0.2, -0.15) is 0 Å². The second-order valence-corrected chi connectivity index (χ2v) is 5.12. The van der Waals surface area contributed by atoms with Gasteiger partial charge in [0, 0.05) is 5.69 Å². The number of hydrogen-bond donors (Lipinski definition) is 2. The van der Waals surface area contributed by atoms with Crippen molar-refractivity contribution in [3.05, 3.63) is 65.7 Å². The Bertz CT molecular complexity index is 579. The van der Waals surface area contributed by atoms with E-state index < -0.39 is 6.04 Å². The van der Waals surface area contributed by atoms with Crippen molar-refractivity contribution in [1.82, 2.24) is 0 Å². The number of anilines is 1. The third-order valence-electron chi connectivity index (χ3n) is 3.28. The van der Waals surface area contributed by atoms with E-state index in [4.69, 9.17) is 5.73 Å². The van der Waals surface area contributed by atoms with Gasteiger partial charge in [-0.3, -0.25) is 4.79 Å². The monoisotopic (exact) mass is 268 g/mol. The molecule has 2 rings (SSSR count). The lowest BCUT2D eigenvalue weighted by Crippen LogP contribution is -2.28. The molecular formula is C17H20N2O. The standard InChI is InChI=1S/C17H20N2O/c1-12(2)14-10-6-7-11-15(14)19-17(20)16(18)13-8-4-3-5-9-13/h3-12,16H,18H2,1-2H3,(H,19,20)/t16-/m1/s1. The quantitative estimate of drug-likeness (QED) is 0.892. The summed E-state index contributed by atoms with van der Waals surface area (Å²) >= 11 is 0. The summed E-state index contributed by atoms with van der Waals surface area (Å²) in [5, 5.41) is 2.93. The van der Waals surface area contributed by atoms with E-state index in [0.717, 1.165) is 16.8 Å². The number of hydrogen-bond acceptors (Lipinski definition) is 2. The summed E-state index contributed by atoms with van der Waals surface area (Å²) in [7, 11) is 0. The van der Waals surface area contributed by atoms with Crippen LogP contribution in [0, 0.1) is 0 Å². The minimum absolute atomic E-state index is 0.190. The third kappa shape index (κ3) is 3.25. The van der Waals surface area contributed by atoms with Crippen molar-refractivity contribution in [3.63, 3.8) is 0 Å². The Morgan fingerprint density at radius 3 is 2.25 bits per heavy atom. The van der Waals surface area contributed by atoms with E-state index in [9.17, 15) is 4.79 Å². The van der Waals surface area contributed by atoms with E-state index in [0.29, 0.717) is 5.92 Å². The van der Waals surface area contributed by atoms with Crippen LogP contribution in [-0.2, 0) is 4.79 Å². The van der Waals surface area contributed by atoms with E-state index in [-0.39, 0.29) is 5.91 Å². The summed E-state index contributed by atoms with van der Waals surface area (Å²) in [5.74, 6) is 0.156. The van der Waals surface area contributed by atoms with Crippen molar-refractivity contribution in [1.29, 1.82) is 0 Å². The molecule has 2 aromatic carbocycles. The topological polar surface area (TPSA) is 55.1 Å². The molecule has 0 spiro atoms. The van der Waals surface area contributed by atoms with Crippen molar-refractivity contribution < 1.29 is 4.79 Å². The number of carbonyl (C=O) groups excluding carboxylic acids is 1. The van der Waals surface area contributed by atoms with Gasteiger partial charge < -0.3 is 11.1 Å². The summed E-state index contributed by atoms with van der Waals surface area (Å²) in [4.78, 5) is 12.3. The normalized spacial score (nSPS) is 12.2. The molecular weight excluding hydrogens is 248 g/mol. The summed E-state index contributed by atoms with van der Waals surface area (Å²) in [6.45, 7) is 4.20. The van der Waals surface area contributed by atoms with E-state index in [1.165, 1.54) is 0 Å². The smallest absolute Gasteiger partial charge is 0.245 e. The average molecular weight is 268 g/mol. The summed E-state index contributed by atoms with van der Waals surface area (Å²) in [6, 6.07) is 16.5. The van der Waals surface area contributed by atoms with Crippen LogP contribution in [0.15, 0.2) is 54.6 Å². The molecule has 0 saturated carbocycles. The van der Waals surface area contributed by atoms with Gasteiger partial charge in [0.25, 0.3) is 0 Å². The number of carbonyl (C=O) groups is 1. The van der Waals surface area contributed by atoms with Crippen LogP contribution in [0.2, 0.25) is 0 Å². The molecule has 2 aromatic rings. The third-order valence-corrected chi connectivity index (χ3v) is 3.28. The van der Waals surface area contributed by atoms with Gasteiger partial charge in [-0.1, -0.05) is 62.4 Å². The van der Waals surface area contributed by atoms with Gasteiger partial charge >= 0.3 is 0 Å². The molecule has 20 heavy (non-hydrogen) atoms. The minimum Gasteiger partial charge on any atom is -0.324 e. The Morgan fingerprint density at radius 2 is 1.60 bits per heavy atom. The molecule has 1 atom stereocenters. The highest BCUT2D eigenvalue weighted by Gasteiger charge is 2.17. The van der Waals surface area contributed by atoms with E-state index in [2.05, 4.69) is 19.2 Å². The molecule has 3 heteroatoms. The van der Waals surface area contributed by atoms with Gasteiger partial charge in [0.05, 0.1) is 0 Å². The molecule has 104 valence electrons. The molecule has 0 heterocycles. The summed E-state index contributed by atoms with van der Waals surface area (Å²) in [5.41, 5.74) is 8.76. The van der Waals surface area contributed by atoms with Gasteiger partial charge in [-0.15, -0.1) is 0 Å². The maximum Gasteiger partial charge on any atom is 0.245 e. The molecule has 0 aliphatic heterocycles. The zero-order valence-electron chi connectivity index (χ0n) is 11.8. The molecule has 0 aromatic heterocycles. The number of nitrogens with two attached hydrogens (primary N) is 1. The number of nitrogens with one attached hydrogen (secondary N) is 1. The van der Waals surface area contributed by atoms with Gasteiger partial charge in [0.2, 0.25) is 5.91 Å². The predicted octanol–water partition coefficient (Wildman–Crippen LogP) is 3.45. The molecule has 0 aliphatic carbocycles. The number of rotatable bonds is 4. The maximum absolute atomic E-state index is 12.3. The fourth-order valence-electron chi connectivity index (χ4n) is 2.14. The minimum atomic E-state index is -0.656. The second-order valence-electron chi connectivity index (χ2n) is 5.12. The number of amides is 1. The Labute approximate surface area is 119 Å². The first-order valence-corrected chi connectivity index (χ1v) is 6.80. The fraction of sp³-hybridized carbons (Fsp3) is 0.235. The molecule has 1 amide bonds. The van der Waals surface area contributed by atoms with Crippen molar-refractivity contribution in [2.24, 2.45) is 5.73 Å². The lowest BCUT2D eigenvalue weighted by atomic mass is 10.0. The van der Waals surface area contributed by atoms with Gasteiger partial charge in [0.15, 0.2) is 0 Å². The highest BCUT2D eigenvalue weighted by Crippen LogP contribution is 2.24. The number of para-hydroxylation sites is 1. The van der Waals surface area contributed by atoms with Crippen LogP contribution in [0.3, 0.4) is 0 Å². The van der Waals surface area contributed by atoms with Crippen LogP contribution < -0.4 is 11.1 Å². The molecule has 0 saturated heterocycles. The molecule has 3 N–H and O–H groups in total. The average Bonchev–Trinajstić information content (AvgIpc) is 2.47. The fourth-order valence-corrected chi connectivity index (χ4v) is 2.14. The van der Waals surface area contributed by atoms with E-state index in [1.807, 2.05) is 54.6 Å². The van der Waals surface area contributed by atoms with Crippen molar-refractivity contribution in [2.75, 3.05) is 5.32 Å². The number of benzene rings is 2. The molecule has 0 bridgehead atoms. The Hall–Kier alpha value is -2.13. The molecule has 0 fully saturated rings. The zero-order chi connectivity index (χ0) is 14.5. The Morgan fingerprint density at radius 1 is 1.00 bits per heavy atom. The highest BCUT2D eigenvalue weighted by molar-refractivity contribution is 5.96. The zero-order valence-corrected chi connectivity index (χ0v) is 11.8. The molecule has 0 radical (unpaired) electrons. The van der Waals surface area contributed by atoms with Crippen molar-refractivity contribution in [2.45, 2.75) is 25.8 Å². The van der Waals surface area contributed by atoms with E-state index in [1.54, 1.807) is 0 Å². The van der Waals surface area contributed by atoms with Crippen LogP contribution in [0.25, 0.3) is 0 Å². The first kappa shape index (κ1) is 14.3. The lowest BCUT2D eigenvalue weighted by molar-refractivity contribution is -0.117. The van der Waals surface area contributed by atoms with Crippen LogP contribution >= 0.6 is 0 Å². The largest absolute Gasteiger partial charge is 0.324 e. The summed E-state index contributed by atoms with van der Waals surface area (Å²) < 4.78 is 0. The van der Waals surface area contributed by atoms with Gasteiger partial charge in [-0.25, -0.2) is 0 Å². The maximum atomic E-state index is 12.3. The summed E-state index contributed by atoms with van der Waals surface area (Å²) in [6.07, 6.45) is 0. The Balaban J connectivity index is 2.16.